The Labute approximate surface area is 176 Å². The summed E-state index contributed by atoms with van der Waals surface area (Å²) in [5.74, 6) is 0.633. The quantitative estimate of drug-likeness (QED) is 0.315. The first-order chi connectivity index (χ1) is 14.4. The van der Waals surface area contributed by atoms with Gasteiger partial charge in [-0.1, -0.05) is 12.8 Å². The predicted molar refractivity (Wildman–Crippen MR) is 111 cm³/mol. The molecule has 0 aliphatic heterocycles. The molecule has 0 amide bonds. The summed E-state index contributed by atoms with van der Waals surface area (Å²) in [4.78, 5) is 8.41. The molecule has 0 atom stereocenters. The van der Waals surface area contributed by atoms with E-state index in [1.165, 1.54) is 37.9 Å². The van der Waals surface area contributed by atoms with Crippen molar-refractivity contribution in [2.24, 2.45) is 10.4 Å². The zero-order valence-electron chi connectivity index (χ0n) is 17.9. The summed E-state index contributed by atoms with van der Waals surface area (Å²) in [6, 6.07) is 3.20. The second kappa shape index (κ2) is 12.0. The molecule has 6 nitrogen and oxygen atoms in total. The van der Waals surface area contributed by atoms with Crippen LogP contribution < -0.4 is 15.4 Å². The van der Waals surface area contributed by atoms with Gasteiger partial charge in [-0.25, -0.2) is 9.98 Å². The molecule has 1 aliphatic rings. The van der Waals surface area contributed by atoms with Crippen molar-refractivity contribution in [1.29, 1.82) is 0 Å². The SMILES string of the molecule is CCNC(=NCc1ccnc(OCC(F)(F)F)c1)NCC1(CCOCC)CCCC1. The van der Waals surface area contributed by atoms with E-state index < -0.39 is 12.8 Å². The van der Waals surface area contributed by atoms with E-state index in [0.29, 0.717) is 19.0 Å². The van der Waals surface area contributed by atoms with E-state index in [1.54, 1.807) is 6.07 Å². The number of hydrogen-bond acceptors (Lipinski definition) is 4. The number of nitrogens with zero attached hydrogens (tertiary/aromatic N) is 2. The van der Waals surface area contributed by atoms with Gasteiger partial charge in [0, 0.05) is 38.6 Å². The first-order valence-corrected chi connectivity index (χ1v) is 10.6. The summed E-state index contributed by atoms with van der Waals surface area (Å²) in [6.45, 7) is 5.99. The van der Waals surface area contributed by atoms with E-state index in [1.807, 2.05) is 13.8 Å². The van der Waals surface area contributed by atoms with Gasteiger partial charge >= 0.3 is 6.18 Å². The summed E-state index contributed by atoms with van der Waals surface area (Å²) in [7, 11) is 0. The van der Waals surface area contributed by atoms with Crippen LogP contribution in [0.15, 0.2) is 23.3 Å². The van der Waals surface area contributed by atoms with Gasteiger partial charge in [-0.3, -0.25) is 0 Å². The maximum Gasteiger partial charge on any atom is 0.422 e. The van der Waals surface area contributed by atoms with Crippen molar-refractivity contribution in [2.75, 3.05) is 32.9 Å². The lowest BCUT2D eigenvalue weighted by atomic mass is 9.83. The molecule has 0 aromatic carbocycles. The molecule has 1 saturated carbocycles. The molecule has 170 valence electrons. The largest absolute Gasteiger partial charge is 0.468 e. The highest BCUT2D eigenvalue weighted by Crippen LogP contribution is 2.40. The molecule has 1 aliphatic carbocycles. The second-order valence-corrected chi connectivity index (χ2v) is 7.61. The molecule has 1 aromatic heterocycles. The van der Waals surface area contributed by atoms with E-state index in [-0.39, 0.29) is 11.3 Å². The summed E-state index contributed by atoms with van der Waals surface area (Å²) < 4.78 is 47.3. The molecule has 2 rings (SSSR count). The van der Waals surface area contributed by atoms with E-state index in [9.17, 15) is 13.2 Å². The van der Waals surface area contributed by atoms with E-state index in [0.717, 1.165) is 31.7 Å². The number of hydrogen-bond donors (Lipinski definition) is 2. The lowest BCUT2D eigenvalue weighted by molar-refractivity contribution is -0.154. The lowest BCUT2D eigenvalue weighted by Gasteiger charge is -2.30. The van der Waals surface area contributed by atoms with E-state index >= 15 is 0 Å². The Bertz CT molecular complexity index is 662. The molecule has 1 heterocycles. The second-order valence-electron chi connectivity index (χ2n) is 7.61. The van der Waals surface area contributed by atoms with E-state index in [4.69, 9.17) is 9.47 Å². The maximum absolute atomic E-state index is 12.3. The van der Waals surface area contributed by atoms with Crippen LogP contribution in [0.1, 0.15) is 51.5 Å². The third kappa shape index (κ3) is 8.77. The fourth-order valence-electron chi connectivity index (χ4n) is 3.64. The van der Waals surface area contributed by atoms with Crippen LogP contribution in [0.25, 0.3) is 0 Å². The highest BCUT2D eigenvalue weighted by molar-refractivity contribution is 5.79. The van der Waals surface area contributed by atoms with Gasteiger partial charge in [0.1, 0.15) is 0 Å². The highest BCUT2D eigenvalue weighted by atomic mass is 19.4. The van der Waals surface area contributed by atoms with Gasteiger partial charge in [-0.15, -0.1) is 0 Å². The molecule has 0 bridgehead atoms. The number of ether oxygens (including phenoxy) is 2. The Morgan fingerprint density at radius 1 is 1.23 bits per heavy atom. The normalized spacial score (nSPS) is 16.5. The molecule has 30 heavy (non-hydrogen) atoms. The van der Waals surface area contributed by atoms with Crippen LogP contribution in [0.2, 0.25) is 0 Å². The molecule has 0 radical (unpaired) electrons. The van der Waals surface area contributed by atoms with Crippen LogP contribution in [-0.2, 0) is 11.3 Å². The Balaban J connectivity index is 1.95. The van der Waals surface area contributed by atoms with Crippen LogP contribution in [0.3, 0.4) is 0 Å². The Morgan fingerprint density at radius 3 is 2.67 bits per heavy atom. The molecule has 0 unspecified atom stereocenters. The number of rotatable bonds is 11. The van der Waals surface area contributed by atoms with Crippen molar-refractivity contribution < 1.29 is 22.6 Å². The Morgan fingerprint density at radius 2 is 2.00 bits per heavy atom. The topological polar surface area (TPSA) is 67.8 Å². The minimum Gasteiger partial charge on any atom is -0.468 e. The van der Waals surface area contributed by atoms with Gasteiger partial charge in [0.15, 0.2) is 12.6 Å². The van der Waals surface area contributed by atoms with Gasteiger partial charge in [-0.05, 0) is 50.2 Å². The van der Waals surface area contributed by atoms with E-state index in [2.05, 4.69) is 20.6 Å². The Hall–Kier alpha value is -2.03. The number of pyridine rings is 1. The standard InChI is InChI=1S/C21H33F3N4O2/c1-3-25-19(28-15-20(8-5-6-9-20)10-12-29-4-2)27-14-17-7-11-26-18(13-17)30-16-21(22,23)24/h7,11,13H,3-6,8-10,12,14-16H2,1-2H3,(H2,25,27,28). The van der Waals surface area contributed by atoms with Crippen LogP contribution in [0.4, 0.5) is 13.2 Å². The molecule has 2 N–H and O–H groups in total. The smallest absolute Gasteiger partial charge is 0.422 e. The average molecular weight is 431 g/mol. The average Bonchev–Trinajstić information content (AvgIpc) is 3.18. The number of halogens is 3. The summed E-state index contributed by atoms with van der Waals surface area (Å²) in [5.41, 5.74) is 0.951. The van der Waals surface area contributed by atoms with Crippen molar-refractivity contribution in [3.8, 4) is 5.88 Å². The summed E-state index contributed by atoms with van der Waals surface area (Å²) in [5, 5.41) is 6.68. The Kier molecular flexibility index (Phi) is 9.68. The van der Waals surface area contributed by atoms with Crippen molar-refractivity contribution in [3.05, 3.63) is 23.9 Å². The number of aliphatic imine (C=N–C) groups is 1. The maximum atomic E-state index is 12.3. The first-order valence-electron chi connectivity index (χ1n) is 10.6. The predicted octanol–water partition coefficient (Wildman–Crippen LogP) is 4.06. The van der Waals surface area contributed by atoms with Crippen LogP contribution in [0, 0.1) is 5.41 Å². The van der Waals surface area contributed by atoms with Crippen LogP contribution in [-0.4, -0.2) is 50.0 Å². The van der Waals surface area contributed by atoms with Crippen molar-refractivity contribution in [3.63, 3.8) is 0 Å². The van der Waals surface area contributed by atoms with Crippen molar-refractivity contribution in [1.82, 2.24) is 15.6 Å². The number of alkyl halides is 3. The summed E-state index contributed by atoms with van der Waals surface area (Å²) >= 11 is 0. The zero-order valence-corrected chi connectivity index (χ0v) is 17.9. The van der Waals surface area contributed by atoms with Crippen molar-refractivity contribution in [2.45, 2.75) is 58.7 Å². The third-order valence-corrected chi connectivity index (χ3v) is 5.22. The molecule has 0 spiro atoms. The van der Waals surface area contributed by atoms with Gasteiger partial charge in [0.25, 0.3) is 0 Å². The third-order valence-electron chi connectivity index (χ3n) is 5.22. The molecule has 9 heteroatoms. The first kappa shape index (κ1) is 24.2. The highest BCUT2D eigenvalue weighted by Gasteiger charge is 2.33. The van der Waals surface area contributed by atoms with Gasteiger partial charge in [-0.2, -0.15) is 13.2 Å². The fourth-order valence-corrected chi connectivity index (χ4v) is 3.64. The summed E-state index contributed by atoms with van der Waals surface area (Å²) in [6.07, 6.45) is 2.89. The molecular formula is C21H33F3N4O2. The number of nitrogens with one attached hydrogen (secondary N) is 2. The molecule has 1 aromatic rings. The number of guanidine groups is 1. The fraction of sp³-hybridized carbons (Fsp3) is 0.714. The van der Waals surface area contributed by atoms with Gasteiger partial charge in [0.05, 0.1) is 6.54 Å². The minimum absolute atomic E-state index is 0.0567. The number of aromatic nitrogens is 1. The molecule has 1 fully saturated rings. The monoisotopic (exact) mass is 430 g/mol. The van der Waals surface area contributed by atoms with Crippen molar-refractivity contribution >= 4 is 5.96 Å². The molecule has 0 saturated heterocycles. The molecular weight excluding hydrogens is 397 g/mol. The van der Waals surface area contributed by atoms with Gasteiger partial charge < -0.3 is 20.1 Å². The zero-order chi connectivity index (χ0) is 21.9. The van der Waals surface area contributed by atoms with Gasteiger partial charge in [0.2, 0.25) is 5.88 Å². The lowest BCUT2D eigenvalue weighted by Crippen LogP contribution is -2.43. The van der Waals surface area contributed by atoms with Crippen LogP contribution >= 0.6 is 0 Å². The van der Waals surface area contributed by atoms with Crippen LogP contribution in [0.5, 0.6) is 5.88 Å². The minimum atomic E-state index is -4.39.